The molecule has 0 aliphatic carbocycles. The number of benzene rings is 1. The SMILES string of the molecule is CC(=O)C(Cl)c1cc(C(=O)O)ccc1Br. The van der Waals surface area contributed by atoms with Crippen LogP contribution in [0.1, 0.15) is 28.2 Å². The van der Waals surface area contributed by atoms with Crippen molar-refractivity contribution in [1.82, 2.24) is 0 Å². The molecule has 0 amide bonds. The summed E-state index contributed by atoms with van der Waals surface area (Å²) in [5, 5.41) is 7.96. The standard InChI is InChI=1S/C10H8BrClO3/c1-5(13)9(12)7-4-6(10(14)15)2-3-8(7)11/h2-4,9H,1H3,(H,14,15). The van der Waals surface area contributed by atoms with Crippen LogP contribution in [0.4, 0.5) is 0 Å². The molecule has 80 valence electrons. The molecule has 0 heterocycles. The molecule has 1 atom stereocenters. The Balaban J connectivity index is 3.22. The van der Waals surface area contributed by atoms with E-state index in [0.717, 1.165) is 0 Å². The van der Waals surface area contributed by atoms with Crippen LogP contribution in [0.25, 0.3) is 0 Å². The first-order valence-corrected chi connectivity index (χ1v) is 5.33. The normalized spacial score (nSPS) is 12.2. The van der Waals surface area contributed by atoms with Gasteiger partial charge in [0.05, 0.1) is 5.56 Å². The molecular formula is C10H8BrClO3. The Morgan fingerprint density at radius 1 is 1.47 bits per heavy atom. The highest BCUT2D eigenvalue weighted by molar-refractivity contribution is 9.10. The summed E-state index contributed by atoms with van der Waals surface area (Å²) in [6.07, 6.45) is 0. The van der Waals surface area contributed by atoms with E-state index in [9.17, 15) is 9.59 Å². The van der Waals surface area contributed by atoms with Crippen LogP contribution in [0.15, 0.2) is 22.7 Å². The highest BCUT2D eigenvalue weighted by Gasteiger charge is 2.17. The fourth-order valence-electron chi connectivity index (χ4n) is 1.09. The summed E-state index contributed by atoms with van der Waals surface area (Å²) in [5.74, 6) is -1.27. The minimum Gasteiger partial charge on any atom is -0.478 e. The number of hydrogen-bond acceptors (Lipinski definition) is 2. The Bertz CT molecular complexity index is 417. The van der Waals surface area contributed by atoms with Crippen LogP contribution in [0.3, 0.4) is 0 Å². The molecule has 0 fully saturated rings. The number of Topliss-reactive ketones (excluding diaryl/α,β-unsaturated/α-hetero) is 1. The van der Waals surface area contributed by atoms with Crippen molar-refractivity contribution in [1.29, 1.82) is 0 Å². The van der Waals surface area contributed by atoms with Gasteiger partial charge in [0.15, 0.2) is 5.78 Å². The van der Waals surface area contributed by atoms with E-state index in [-0.39, 0.29) is 11.3 Å². The van der Waals surface area contributed by atoms with E-state index < -0.39 is 11.3 Å². The van der Waals surface area contributed by atoms with Gasteiger partial charge in [-0.15, -0.1) is 11.6 Å². The van der Waals surface area contributed by atoms with Crippen molar-refractivity contribution in [2.24, 2.45) is 0 Å². The largest absolute Gasteiger partial charge is 0.478 e. The van der Waals surface area contributed by atoms with Crippen LogP contribution < -0.4 is 0 Å². The number of carbonyl (C=O) groups is 2. The highest BCUT2D eigenvalue weighted by Crippen LogP contribution is 2.29. The second-order valence-corrected chi connectivity index (χ2v) is 4.31. The smallest absolute Gasteiger partial charge is 0.335 e. The average molecular weight is 292 g/mol. The molecule has 5 heteroatoms. The molecule has 0 saturated heterocycles. The number of carboxylic acids is 1. The number of hydrogen-bond donors (Lipinski definition) is 1. The molecule has 15 heavy (non-hydrogen) atoms. The summed E-state index contributed by atoms with van der Waals surface area (Å²) in [4.78, 5) is 21.8. The van der Waals surface area contributed by atoms with Crippen molar-refractivity contribution in [3.05, 3.63) is 33.8 Å². The summed E-state index contributed by atoms with van der Waals surface area (Å²) < 4.78 is 0.628. The van der Waals surface area contributed by atoms with Crippen molar-refractivity contribution in [3.63, 3.8) is 0 Å². The molecule has 1 unspecified atom stereocenters. The lowest BCUT2D eigenvalue weighted by molar-refractivity contribution is -0.116. The minimum atomic E-state index is -1.05. The fourth-order valence-corrected chi connectivity index (χ4v) is 1.88. The molecule has 1 aromatic rings. The number of rotatable bonds is 3. The first-order valence-electron chi connectivity index (χ1n) is 4.10. The van der Waals surface area contributed by atoms with Crippen LogP contribution >= 0.6 is 27.5 Å². The first kappa shape index (κ1) is 12.2. The van der Waals surface area contributed by atoms with Crippen molar-refractivity contribution in [2.75, 3.05) is 0 Å². The number of halogens is 2. The van der Waals surface area contributed by atoms with Gasteiger partial charge in [-0.1, -0.05) is 15.9 Å². The van der Waals surface area contributed by atoms with Gasteiger partial charge in [0, 0.05) is 4.47 Å². The van der Waals surface area contributed by atoms with Crippen molar-refractivity contribution in [2.45, 2.75) is 12.3 Å². The Kier molecular flexibility index (Phi) is 3.88. The molecule has 1 rings (SSSR count). The van der Waals surface area contributed by atoms with Gasteiger partial charge < -0.3 is 5.11 Å². The van der Waals surface area contributed by atoms with Gasteiger partial charge in [0.2, 0.25) is 0 Å². The maximum atomic E-state index is 11.1. The molecule has 0 spiro atoms. The second-order valence-electron chi connectivity index (χ2n) is 3.01. The van der Waals surface area contributed by atoms with E-state index in [4.69, 9.17) is 16.7 Å². The molecule has 0 bridgehead atoms. The Labute approximate surface area is 100 Å². The van der Waals surface area contributed by atoms with Crippen molar-refractivity contribution < 1.29 is 14.7 Å². The van der Waals surface area contributed by atoms with Gasteiger partial charge >= 0.3 is 5.97 Å². The Hall–Kier alpha value is -0.870. The van der Waals surface area contributed by atoms with Gasteiger partial charge in [-0.2, -0.15) is 0 Å². The van der Waals surface area contributed by atoms with Crippen LogP contribution in [0, 0.1) is 0 Å². The van der Waals surface area contributed by atoms with Crippen molar-refractivity contribution >= 4 is 39.3 Å². The van der Waals surface area contributed by atoms with Gasteiger partial charge in [0.1, 0.15) is 5.38 Å². The van der Waals surface area contributed by atoms with Gasteiger partial charge in [-0.25, -0.2) is 4.79 Å². The van der Waals surface area contributed by atoms with Crippen LogP contribution in [0.5, 0.6) is 0 Å². The highest BCUT2D eigenvalue weighted by atomic mass is 79.9. The zero-order valence-electron chi connectivity index (χ0n) is 7.83. The average Bonchev–Trinajstić information content (AvgIpc) is 2.16. The Morgan fingerprint density at radius 3 is 2.53 bits per heavy atom. The first-order chi connectivity index (χ1) is 6.93. The predicted octanol–water partition coefficient (Wildman–Crippen LogP) is 3.02. The van der Waals surface area contributed by atoms with Crippen molar-refractivity contribution in [3.8, 4) is 0 Å². The van der Waals surface area contributed by atoms with E-state index in [2.05, 4.69) is 15.9 Å². The third kappa shape index (κ3) is 2.79. The quantitative estimate of drug-likeness (QED) is 0.871. The molecule has 0 aromatic heterocycles. The molecular weight excluding hydrogens is 283 g/mol. The van der Waals surface area contributed by atoms with E-state index in [1.807, 2.05) is 0 Å². The lowest BCUT2D eigenvalue weighted by atomic mass is 10.1. The summed E-state index contributed by atoms with van der Waals surface area (Å²) >= 11 is 9.07. The number of aromatic carboxylic acids is 1. The second kappa shape index (κ2) is 4.77. The number of alkyl halides is 1. The topological polar surface area (TPSA) is 54.4 Å². The monoisotopic (exact) mass is 290 g/mol. The van der Waals surface area contributed by atoms with Crippen LogP contribution in [-0.2, 0) is 4.79 Å². The van der Waals surface area contributed by atoms with E-state index in [1.54, 1.807) is 6.07 Å². The maximum Gasteiger partial charge on any atom is 0.335 e. The lowest BCUT2D eigenvalue weighted by Crippen LogP contribution is -2.05. The lowest BCUT2D eigenvalue weighted by Gasteiger charge is -2.09. The molecule has 0 aliphatic heterocycles. The minimum absolute atomic E-state index is 0.111. The molecule has 0 saturated carbocycles. The number of ketones is 1. The van der Waals surface area contributed by atoms with Gasteiger partial charge in [-0.3, -0.25) is 4.79 Å². The molecule has 1 aromatic carbocycles. The zero-order chi connectivity index (χ0) is 11.6. The molecule has 0 radical (unpaired) electrons. The molecule has 1 N–H and O–H groups in total. The fraction of sp³-hybridized carbons (Fsp3) is 0.200. The number of carbonyl (C=O) groups excluding carboxylic acids is 1. The van der Waals surface area contributed by atoms with E-state index in [1.165, 1.54) is 19.1 Å². The van der Waals surface area contributed by atoms with Crippen LogP contribution in [0.2, 0.25) is 0 Å². The third-order valence-electron chi connectivity index (χ3n) is 1.87. The number of carboxylic acid groups (broad SMARTS) is 1. The summed E-state index contributed by atoms with van der Waals surface area (Å²) in [6.45, 7) is 1.36. The van der Waals surface area contributed by atoms with Crippen LogP contribution in [-0.4, -0.2) is 16.9 Å². The predicted molar refractivity (Wildman–Crippen MR) is 60.4 cm³/mol. The summed E-state index contributed by atoms with van der Waals surface area (Å²) in [7, 11) is 0. The van der Waals surface area contributed by atoms with Gasteiger partial charge in [-0.05, 0) is 30.7 Å². The maximum absolute atomic E-state index is 11.1. The van der Waals surface area contributed by atoms with E-state index >= 15 is 0 Å². The summed E-state index contributed by atoms with van der Waals surface area (Å²) in [5.41, 5.74) is 0.587. The zero-order valence-corrected chi connectivity index (χ0v) is 10.2. The Morgan fingerprint density at radius 2 is 2.07 bits per heavy atom. The molecule has 0 aliphatic rings. The summed E-state index contributed by atoms with van der Waals surface area (Å²) in [6, 6.07) is 4.41. The molecule has 3 nitrogen and oxygen atoms in total. The third-order valence-corrected chi connectivity index (χ3v) is 3.14. The van der Waals surface area contributed by atoms with E-state index in [0.29, 0.717) is 10.0 Å². The van der Waals surface area contributed by atoms with Gasteiger partial charge in [0.25, 0.3) is 0 Å².